The molecule has 0 radical (unpaired) electrons. The Morgan fingerprint density at radius 2 is 1.58 bits per heavy atom. The number of anilines is 2. The molecule has 1 aromatic heterocycles. The SMILES string of the molecule is CS(=O)(=O)O.CS(=O)(=O)O.NC(=NCCCCc1ccc(OCC(=O)N2CCNCC2)cc1)NC(=O)c1nc(Cl)c(N)nc1N. The van der Waals surface area contributed by atoms with Gasteiger partial charge in [0, 0.05) is 32.7 Å². The van der Waals surface area contributed by atoms with Crippen molar-refractivity contribution in [1.82, 2.24) is 25.5 Å². The van der Waals surface area contributed by atoms with E-state index in [0.717, 1.165) is 37.9 Å². The Balaban J connectivity index is 0.000000877. The molecule has 0 aliphatic carbocycles. The van der Waals surface area contributed by atoms with Crippen LogP contribution in [0.15, 0.2) is 29.3 Å². The fourth-order valence-corrected chi connectivity index (χ4v) is 3.49. The molecule has 18 nitrogen and oxygen atoms in total. The summed E-state index contributed by atoms with van der Waals surface area (Å²) in [5.74, 6) is -0.278. The fraction of sp³-hybridized carbons (Fsp3) is 0.458. The van der Waals surface area contributed by atoms with Crippen LogP contribution >= 0.6 is 11.6 Å². The number of benzene rings is 1. The molecule has 2 aromatic rings. The highest BCUT2D eigenvalue weighted by molar-refractivity contribution is 7.85. The van der Waals surface area contributed by atoms with Gasteiger partial charge in [-0.2, -0.15) is 16.8 Å². The number of aromatic nitrogens is 2. The molecule has 2 heterocycles. The summed E-state index contributed by atoms with van der Waals surface area (Å²) >= 11 is 5.78. The van der Waals surface area contributed by atoms with Crippen LogP contribution in [-0.4, -0.2) is 110 Å². The van der Waals surface area contributed by atoms with Gasteiger partial charge in [0.2, 0.25) is 0 Å². The van der Waals surface area contributed by atoms with Gasteiger partial charge in [-0.3, -0.25) is 29.0 Å². The van der Waals surface area contributed by atoms with Crippen molar-refractivity contribution in [2.75, 3.05) is 63.3 Å². The van der Waals surface area contributed by atoms with E-state index < -0.39 is 26.1 Å². The molecule has 1 saturated heterocycles. The summed E-state index contributed by atoms with van der Waals surface area (Å²) in [6, 6.07) is 7.69. The van der Waals surface area contributed by atoms with E-state index in [1.807, 2.05) is 29.2 Å². The van der Waals surface area contributed by atoms with E-state index in [0.29, 0.717) is 37.9 Å². The smallest absolute Gasteiger partial charge is 0.280 e. The number of hydrogen-bond acceptors (Lipinski definition) is 13. The number of halogens is 1. The van der Waals surface area contributed by atoms with Crippen molar-refractivity contribution in [3.05, 3.63) is 40.7 Å². The standard InChI is InChI=1S/C22H30ClN9O3.2CH4O3S/c23-18-20(25)30-19(24)17(29-18)21(34)31-22(26)28-8-2-1-3-14-4-6-15(7-5-14)35-13-16(33)32-11-9-27-10-12-32;2*1-5(2,3)4/h4-7,27H,1-3,8-13H2,(H4,24,25,30)(H3,26,28,31,34);2*1H3,(H,2,3,4). The van der Waals surface area contributed by atoms with E-state index in [2.05, 4.69) is 25.6 Å². The number of aliphatic imine (C=N–C) groups is 1. The number of nitrogen functional groups attached to an aromatic ring is 2. The number of carbonyl (C=O) groups is 2. The summed E-state index contributed by atoms with van der Waals surface area (Å²) in [5.41, 5.74) is 17.9. The van der Waals surface area contributed by atoms with Crippen molar-refractivity contribution in [1.29, 1.82) is 0 Å². The lowest BCUT2D eigenvalue weighted by Crippen LogP contribution is -2.47. The first-order valence-electron chi connectivity index (χ1n) is 13.1. The first-order valence-corrected chi connectivity index (χ1v) is 17.2. The maximum Gasteiger partial charge on any atom is 0.280 e. The zero-order valence-corrected chi connectivity index (χ0v) is 27.0. The molecule has 0 bridgehead atoms. The van der Waals surface area contributed by atoms with Crippen molar-refractivity contribution in [3.8, 4) is 5.75 Å². The number of guanidine groups is 1. The van der Waals surface area contributed by atoms with E-state index >= 15 is 0 Å². The van der Waals surface area contributed by atoms with E-state index in [-0.39, 0.29) is 41.0 Å². The van der Waals surface area contributed by atoms with E-state index in [9.17, 15) is 26.4 Å². The molecule has 0 atom stereocenters. The molecule has 1 fully saturated rings. The van der Waals surface area contributed by atoms with Gasteiger partial charge in [0.25, 0.3) is 32.1 Å². The third kappa shape index (κ3) is 19.2. The normalized spacial score (nSPS) is 13.4. The molecule has 0 spiro atoms. The van der Waals surface area contributed by atoms with Crippen molar-refractivity contribution in [2.24, 2.45) is 10.7 Å². The largest absolute Gasteiger partial charge is 0.484 e. The Kier molecular flexibility index (Phi) is 16.4. The maximum absolute atomic E-state index is 12.2. The van der Waals surface area contributed by atoms with Crippen LogP contribution in [0, 0.1) is 0 Å². The Bertz CT molecular complexity index is 1470. The second-order valence-electron chi connectivity index (χ2n) is 9.34. The predicted octanol–water partition coefficient (Wildman–Crippen LogP) is -0.820. The molecule has 21 heteroatoms. The van der Waals surface area contributed by atoms with E-state index in [1.165, 1.54) is 0 Å². The second kappa shape index (κ2) is 18.9. The number of nitrogens with two attached hydrogens (primary N) is 3. The van der Waals surface area contributed by atoms with Crippen LogP contribution in [0.25, 0.3) is 0 Å². The lowest BCUT2D eigenvalue weighted by Gasteiger charge is -2.27. The summed E-state index contributed by atoms with van der Waals surface area (Å²) in [7, 11) is -7.33. The van der Waals surface area contributed by atoms with Crippen LogP contribution in [0.2, 0.25) is 5.15 Å². The summed E-state index contributed by atoms with van der Waals surface area (Å²) in [6.07, 6.45) is 3.92. The van der Waals surface area contributed by atoms with Gasteiger partial charge in [0.05, 0.1) is 12.5 Å². The molecular formula is C24H38ClN9O9S2. The number of carbonyl (C=O) groups excluding carboxylic acids is 2. The minimum Gasteiger partial charge on any atom is -0.484 e. The first kappa shape index (κ1) is 39.2. The van der Waals surface area contributed by atoms with Crippen LogP contribution in [-0.2, 0) is 31.5 Å². The van der Waals surface area contributed by atoms with Gasteiger partial charge < -0.3 is 32.2 Å². The van der Waals surface area contributed by atoms with Crippen molar-refractivity contribution < 1.29 is 40.3 Å². The minimum absolute atomic E-state index is 0.000236. The van der Waals surface area contributed by atoms with Crippen molar-refractivity contribution >= 4 is 61.2 Å². The average Bonchev–Trinajstić information content (AvgIpc) is 2.92. The summed E-state index contributed by atoms with van der Waals surface area (Å²) in [4.78, 5) is 37.9. The molecule has 10 N–H and O–H groups in total. The van der Waals surface area contributed by atoms with Crippen LogP contribution in [0.1, 0.15) is 28.9 Å². The lowest BCUT2D eigenvalue weighted by atomic mass is 10.1. The second-order valence-corrected chi connectivity index (χ2v) is 12.6. The Morgan fingerprint density at radius 3 is 2.13 bits per heavy atom. The van der Waals surface area contributed by atoms with Gasteiger partial charge >= 0.3 is 0 Å². The third-order valence-electron chi connectivity index (χ3n) is 5.27. The molecule has 252 valence electrons. The van der Waals surface area contributed by atoms with Crippen LogP contribution in [0.5, 0.6) is 5.75 Å². The first-order chi connectivity index (χ1) is 20.8. The quantitative estimate of drug-likeness (QED) is 0.0729. The number of hydrogen-bond donors (Lipinski definition) is 7. The summed E-state index contributed by atoms with van der Waals surface area (Å²) in [6.45, 7) is 3.53. The Morgan fingerprint density at radius 1 is 1.02 bits per heavy atom. The van der Waals surface area contributed by atoms with Gasteiger partial charge in [-0.15, -0.1) is 0 Å². The molecule has 1 aliphatic rings. The summed E-state index contributed by atoms with van der Waals surface area (Å²) in [5, 5.41) is 5.50. The minimum atomic E-state index is -3.67. The number of ether oxygens (including phenoxy) is 1. The Labute approximate surface area is 266 Å². The number of amides is 2. The molecule has 0 saturated carbocycles. The topological polar surface area (TPSA) is 296 Å². The highest BCUT2D eigenvalue weighted by atomic mass is 35.5. The van der Waals surface area contributed by atoms with Crippen LogP contribution < -0.4 is 32.6 Å². The number of aryl methyl sites for hydroxylation is 1. The maximum atomic E-state index is 12.2. The van der Waals surface area contributed by atoms with E-state index in [1.54, 1.807) is 0 Å². The lowest BCUT2D eigenvalue weighted by molar-refractivity contribution is -0.133. The van der Waals surface area contributed by atoms with Crippen LogP contribution in [0.4, 0.5) is 11.6 Å². The fourth-order valence-electron chi connectivity index (χ4n) is 3.37. The highest BCUT2D eigenvalue weighted by Crippen LogP contribution is 2.17. The summed E-state index contributed by atoms with van der Waals surface area (Å²) < 4.78 is 57.4. The number of unbranched alkanes of at least 4 members (excludes halogenated alkanes) is 1. The van der Waals surface area contributed by atoms with Crippen molar-refractivity contribution in [3.63, 3.8) is 0 Å². The molecule has 45 heavy (non-hydrogen) atoms. The predicted molar refractivity (Wildman–Crippen MR) is 169 cm³/mol. The van der Waals surface area contributed by atoms with Gasteiger partial charge in [-0.25, -0.2) is 9.97 Å². The van der Waals surface area contributed by atoms with Gasteiger partial charge in [-0.05, 0) is 37.0 Å². The van der Waals surface area contributed by atoms with Crippen molar-refractivity contribution in [2.45, 2.75) is 19.3 Å². The molecular weight excluding hydrogens is 658 g/mol. The third-order valence-corrected chi connectivity index (χ3v) is 5.55. The molecule has 1 aliphatic heterocycles. The monoisotopic (exact) mass is 695 g/mol. The van der Waals surface area contributed by atoms with Gasteiger partial charge in [0.15, 0.2) is 35.0 Å². The van der Waals surface area contributed by atoms with Gasteiger partial charge in [0.1, 0.15) is 5.75 Å². The van der Waals surface area contributed by atoms with E-state index in [4.69, 9.17) is 42.6 Å². The number of nitrogens with zero attached hydrogens (tertiary/aromatic N) is 4. The average molecular weight is 696 g/mol. The zero-order valence-electron chi connectivity index (χ0n) is 24.6. The number of rotatable bonds is 9. The molecule has 0 unspecified atom stereocenters. The highest BCUT2D eigenvalue weighted by Gasteiger charge is 2.17. The molecule has 2 amide bonds. The molecule has 1 aromatic carbocycles. The van der Waals surface area contributed by atoms with Gasteiger partial charge in [-0.1, -0.05) is 23.7 Å². The van der Waals surface area contributed by atoms with Crippen LogP contribution in [0.3, 0.4) is 0 Å². The zero-order chi connectivity index (χ0) is 34.2. The Hall–Kier alpha value is -3.82. The number of nitrogens with one attached hydrogen (secondary N) is 2. The number of piperazine rings is 1. The molecule has 3 rings (SSSR count).